The van der Waals surface area contributed by atoms with E-state index in [2.05, 4.69) is 0 Å². The van der Waals surface area contributed by atoms with Crippen molar-refractivity contribution in [1.29, 1.82) is 0 Å². The molecule has 150 valence electrons. The number of aliphatic hydroxyl groups is 3. The van der Waals surface area contributed by atoms with Crippen molar-refractivity contribution < 1.29 is 44.5 Å². The molecule has 2 aromatic rings. The topological polar surface area (TPSA) is 146 Å². The highest BCUT2D eigenvalue weighted by molar-refractivity contribution is 5.89. The highest BCUT2D eigenvalue weighted by Gasteiger charge is 2.45. The summed E-state index contributed by atoms with van der Waals surface area (Å²) in [5.74, 6) is -1.38. The first-order valence-electron chi connectivity index (χ1n) is 8.47. The van der Waals surface area contributed by atoms with E-state index in [1.54, 1.807) is 30.3 Å². The fraction of sp³-hybridized carbons (Fsp3) is 0.316. The average Bonchev–Trinajstić information content (AvgIpc) is 2.69. The SMILES string of the molecule is O=C(OC[C@H]1O[C@@H](Oc2ccc(O)cc2O)[C@H](O)[C@H](O)[C@@H]1O)c1ccccc1. The molecule has 0 saturated carbocycles. The number of ether oxygens (including phenoxy) is 3. The van der Waals surface area contributed by atoms with Crippen LogP contribution < -0.4 is 4.74 Å². The van der Waals surface area contributed by atoms with Crippen LogP contribution in [0.3, 0.4) is 0 Å². The number of esters is 1. The fourth-order valence-electron chi connectivity index (χ4n) is 2.70. The van der Waals surface area contributed by atoms with Crippen LogP contribution in [0.5, 0.6) is 17.2 Å². The first-order valence-corrected chi connectivity index (χ1v) is 8.47. The minimum atomic E-state index is -1.64. The van der Waals surface area contributed by atoms with Crippen LogP contribution in [0.1, 0.15) is 10.4 Å². The molecule has 0 radical (unpaired) electrons. The summed E-state index contributed by atoms with van der Waals surface area (Å²) in [6.45, 7) is -0.403. The highest BCUT2D eigenvalue weighted by Crippen LogP contribution is 2.32. The summed E-state index contributed by atoms with van der Waals surface area (Å²) in [7, 11) is 0. The lowest BCUT2D eigenvalue weighted by molar-refractivity contribution is -0.277. The Kier molecular flexibility index (Phi) is 6.00. The highest BCUT2D eigenvalue weighted by atomic mass is 16.7. The lowest BCUT2D eigenvalue weighted by Crippen LogP contribution is -2.60. The molecule has 3 rings (SSSR count). The first kappa shape index (κ1) is 19.9. The Labute approximate surface area is 160 Å². The van der Waals surface area contributed by atoms with Crippen LogP contribution in [0.2, 0.25) is 0 Å². The third-order valence-corrected chi connectivity index (χ3v) is 4.24. The standard InChI is InChI=1S/C19H20O9/c20-11-6-7-13(12(21)8-11)27-19-17(24)16(23)15(22)14(28-19)9-26-18(25)10-4-2-1-3-5-10/h1-8,14-17,19-24H,9H2/t14-,15-,16-,17-,19-/m1/s1. The first-order chi connectivity index (χ1) is 13.4. The Morgan fingerprint density at radius 3 is 2.36 bits per heavy atom. The summed E-state index contributed by atoms with van der Waals surface area (Å²) >= 11 is 0. The molecule has 1 heterocycles. The van der Waals surface area contributed by atoms with Crippen LogP contribution in [-0.2, 0) is 9.47 Å². The van der Waals surface area contributed by atoms with Gasteiger partial charge in [0.1, 0.15) is 36.8 Å². The van der Waals surface area contributed by atoms with Gasteiger partial charge in [0.05, 0.1) is 5.56 Å². The molecule has 0 aromatic heterocycles. The Hall–Kier alpha value is -2.85. The second kappa shape index (κ2) is 8.44. The molecule has 5 atom stereocenters. The van der Waals surface area contributed by atoms with Crippen LogP contribution in [0, 0.1) is 0 Å². The number of benzene rings is 2. The van der Waals surface area contributed by atoms with Crippen LogP contribution in [0.25, 0.3) is 0 Å². The number of hydrogen-bond donors (Lipinski definition) is 5. The van der Waals surface area contributed by atoms with E-state index in [1.807, 2.05) is 0 Å². The predicted molar refractivity (Wildman–Crippen MR) is 93.8 cm³/mol. The molecule has 0 bridgehead atoms. The Morgan fingerprint density at radius 2 is 1.68 bits per heavy atom. The van der Waals surface area contributed by atoms with Gasteiger partial charge in [-0.25, -0.2) is 4.79 Å². The van der Waals surface area contributed by atoms with Crippen LogP contribution in [-0.4, -0.2) is 68.8 Å². The summed E-state index contributed by atoms with van der Waals surface area (Å²) in [6.07, 6.45) is -7.46. The maximum absolute atomic E-state index is 12.0. The van der Waals surface area contributed by atoms with Crippen molar-refractivity contribution in [3.8, 4) is 17.2 Å². The van der Waals surface area contributed by atoms with E-state index in [0.29, 0.717) is 5.56 Å². The Bertz CT molecular complexity index is 810. The molecule has 2 aromatic carbocycles. The number of aromatic hydroxyl groups is 2. The maximum Gasteiger partial charge on any atom is 0.338 e. The molecule has 0 amide bonds. The van der Waals surface area contributed by atoms with E-state index >= 15 is 0 Å². The van der Waals surface area contributed by atoms with E-state index in [0.717, 1.165) is 6.07 Å². The minimum Gasteiger partial charge on any atom is -0.508 e. The van der Waals surface area contributed by atoms with Crippen molar-refractivity contribution in [2.45, 2.75) is 30.7 Å². The molecule has 9 heteroatoms. The Morgan fingerprint density at radius 1 is 0.964 bits per heavy atom. The molecule has 5 N–H and O–H groups in total. The maximum atomic E-state index is 12.0. The third-order valence-electron chi connectivity index (χ3n) is 4.24. The molecule has 9 nitrogen and oxygen atoms in total. The summed E-state index contributed by atoms with van der Waals surface area (Å²) in [6, 6.07) is 11.7. The van der Waals surface area contributed by atoms with Crippen LogP contribution in [0.4, 0.5) is 0 Å². The van der Waals surface area contributed by atoms with Gasteiger partial charge in [0.2, 0.25) is 6.29 Å². The average molecular weight is 392 g/mol. The van der Waals surface area contributed by atoms with Crippen molar-refractivity contribution in [3.05, 3.63) is 54.1 Å². The summed E-state index contributed by atoms with van der Waals surface area (Å²) in [4.78, 5) is 12.0. The monoisotopic (exact) mass is 392 g/mol. The van der Waals surface area contributed by atoms with E-state index in [4.69, 9.17) is 14.2 Å². The minimum absolute atomic E-state index is 0.120. The van der Waals surface area contributed by atoms with Gasteiger partial charge in [0.15, 0.2) is 11.5 Å². The number of phenols is 2. The van der Waals surface area contributed by atoms with Crippen molar-refractivity contribution >= 4 is 5.97 Å². The largest absolute Gasteiger partial charge is 0.508 e. The Balaban J connectivity index is 1.67. The number of aliphatic hydroxyl groups excluding tert-OH is 3. The number of rotatable bonds is 5. The lowest BCUT2D eigenvalue weighted by atomic mass is 9.99. The van der Waals surface area contributed by atoms with Crippen molar-refractivity contribution in [1.82, 2.24) is 0 Å². The van der Waals surface area contributed by atoms with E-state index < -0.39 is 49.0 Å². The normalized spacial score (nSPS) is 27.2. The molecule has 0 aliphatic carbocycles. The third kappa shape index (κ3) is 4.34. The van der Waals surface area contributed by atoms with Gasteiger partial charge in [-0.2, -0.15) is 0 Å². The number of carbonyl (C=O) groups is 1. The van der Waals surface area contributed by atoms with E-state index in [-0.39, 0.29) is 11.5 Å². The van der Waals surface area contributed by atoms with Gasteiger partial charge in [0.25, 0.3) is 0 Å². The fourth-order valence-corrected chi connectivity index (χ4v) is 2.70. The molecule has 1 fully saturated rings. The van der Waals surface area contributed by atoms with Crippen molar-refractivity contribution in [3.63, 3.8) is 0 Å². The zero-order valence-electron chi connectivity index (χ0n) is 14.6. The number of phenolic OH excluding ortho intramolecular Hbond substituents is 2. The van der Waals surface area contributed by atoms with E-state index in [1.165, 1.54) is 12.1 Å². The number of carbonyl (C=O) groups excluding carboxylic acids is 1. The van der Waals surface area contributed by atoms with Gasteiger partial charge in [0, 0.05) is 6.07 Å². The van der Waals surface area contributed by atoms with Crippen LogP contribution >= 0.6 is 0 Å². The van der Waals surface area contributed by atoms with Gasteiger partial charge in [-0.1, -0.05) is 18.2 Å². The van der Waals surface area contributed by atoms with Gasteiger partial charge in [-0.15, -0.1) is 0 Å². The van der Waals surface area contributed by atoms with Gasteiger partial charge >= 0.3 is 5.97 Å². The summed E-state index contributed by atoms with van der Waals surface area (Å²) < 4.78 is 15.9. The van der Waals surface area contributed by atoms with Crippen LogP contribution in [0.15, 0.2) is 48.5 Å². The van der Waals surface area contributed by atoms with Gasteiger partial charge < -0.3 is 39.7 Å². The quantitative estimate of drug-likeness (QED) is 0.449. The second-order valence-corrected chi connectivity index (χ2v) is 6.25. The molecule has 1 saturated heterocycles. The molecular weight excluding hydrogens is 372 g/mol. The summed E-state index contributed by atoms with van der Waals surface area (Å²) in [5.41, 5.74) is 0.301. The smallest absolute Gasteiger partial charge is 0.338 e. The molecule has 28 heavy (non-hydrogen) atoms. The molecule has 0 unspecified atom stereocenters. The lowest BCUT2D eigenvalue weighted by Gasteiger charge is -2.39. The second-order valence-electron chi connectivity index (χ2n) is 6.25. The predicted octanol–water partition coefficient (Wildman–Crippen LogP) is 0.141. The molecule has 1 aliphatic rings. The van der Waals surface area contributed by atoms with E-state index in [9.17, 15) is 30.3 Å². The zero-order valence-corrected chi connectivity index (χ0v) is 14.6. The summed E-state index contributed by atoms with van der Waals surface area (Å²) in [5, 5.41) is 49.4. The molecule has 1 aliphatic heterocycles. The molecule has 0 spiro atoms. The zero-order chi connectivity index (χ0) is 20.3. The van der Waals surface area contributed by atoms with Gasteiger partial charge in [-0.05, 0) is 24.3 Å². The van der Waals surface area contributed by atoms with Crippen molar-refractivity contribution in [2.75, 3.05) is 6.61 Å². The number of hydrogen-bond acceptors (Lipinski definition) is 9. The van der Waals surface area contributed by atoms with Gasteiger partial charge in [-0.3, -0.25) is 0 Å². The van der Waals surface area contributed by atoms with Crippen molar-refractivity contribution in [2.24, 2.45) is 0 Å². The molecular formula is C19H20O9.